The van der Waals surface area contributed by atoms with Crippen molar-refractivity contribution in [2.75, 3.05) is 36.4 Å². The molecule has 0 spiro atoms. The Bertz CT molecular complexity index is 1560. The summed E-state index contributed by atoms with van der Waals surface area (Å²) >= 11 is 0. The minimum absolute atomic E-state index is 0.0765. The lowest BCUT2D eigenvalue weighted by molar-refractivity contribution is -0.137. The Kier molecular flexibility index (Phi) is 8.06. The molecule has 2 aromatic heterocycles. The van der Waals surface area contributed by atoms with Gasteiger partial charge in [0.25, 0.3) is 5.91 Å². The van der Waals surface area contributed by atoms with Crippen molar-refractivity contribution in [3.63, 3.8) is 0 Å². The second-order valence-corrected chi connectivity index (χ2v) is 9.10. The molecule has 0 atom stereocenters. The van der Waals surface area contributed by atoms with E-state index in [4.69, 9.17) is 4.74 Å². The smallest absolute Gasteiger partial charge is 0.416 e. The van der Waals surface area contributed by atoms with Gasteiger partial charge in [-0.3, -0.25) is 4.79 Å². The molecule has 9 nitrogen and oxygen atoms in total. The number of halogens is 4. The van der Waals surface area contributed by atoms with Crippen molar-refractivity contribution in [1.82, 2.24) is 25.3 Å². The Hall–Kier alpha value is -4.65. The van der Waals surface area contributed by atoms with Crippen molar-refractivity contribution in [2.45, 2.75) is 19.5 Å². The third kappa shape index (κ3) is 6.40. The van der Waals surface area contributed by atoms with Gasteiger partial charge < -0.3 is 20.3 Å². The van der Waals surface area contributed by atoms with Gasteiger partial charge in [0, 0.05) is 38.8 Å². The molecule has 1 aliphatic rings. The lowest BCUT2D eigenvalue weighted by Crippen LogP contribution is -2.43. The zero-order valence-corrected chi connectivity index (χ0v) is 21.9. The Morgan fingerprint density at radius 1 is 1.07 bits per heavy atom. The lowest BCUT2D eigenvalue weighted by Gasteiger charge is -2.31. The third-order valence-corrected chi connectivity index (χ3v) is 6.38. The molecule has 0 bridgehead atoms. The highest BCUT2D eigenvalue weighted by atomic mass is 19.4. The Morgan fingerprint density at radius 3 is 2.63 bits per heavy atom. The fourth-order valence-electron chi connectivity index (χ4n) is 4.31. The minimum atomic E-state index is -4.63. The number of pyridine rings is 1. The highest BCUT2D eigenvalue weighted by Crippen LogP contribution is 2.36. The van der Waals surface area contributed by atoms with Gasteiger partial charge in [-0.2, -0.15) is 13.2 Å². The minimum Gasteiger partial charge on any atom is -0.438 e. The second kappa shape index (κ2) is 11.8. The van der Waals surface area contributed by atoms with E-state index in [1.807, 2.05) is 11.8 Å². The number of aromatic nitrogens is 4. The fourth-order valence-corrected chi connectivity index (χ4v) is 4.31. The summed E-state index contributed by atoms with van der Waals surface area (Å²) in [6.07, 6.45) is -1.17. The Balaban J connectivity index is 1.44. The first-order valence-electron chi connectivity index (χ1n) is 12.8. The number of rotatable bonds is 7. The van der Waals surface area contributed by atoms with E-state index >= 15 is 0 Å². The summed E-state index contributed by atoms with van der Waals surface area (Å²) in [5.74, 6) is -0.734. The van der Waals surface area contributed by atoms with E-state index in [9.17, 15) is 22.4 Å². The van der Waals surface area contributed by atoms with E-state index < -0.39 is 29.0 Å². The summed E-state index contributed by atoms with van der Waals surface area (Å²) in [5, 5.41) is 5.65. The van der Waals surface area contributed by atoms with Crippen LogP contribution >= 0.6 is 0 Å². The Morgan fingerprint density at radius 2 is 1.88 bits per heavy atom. The number of piperazine rings is 1. The number of carbonyl (C=O) groups is 1. The fraction of sp³-hybridized carbons (Fsp3) is 0.250. The van der Waals surface area contributed by atoms with Gasteiger partial charge in [0.05, 0.1) is 28.1 Å². The zero-order chi connectivity index (χ0) is 29.0. The SMILES string of the molecule is CCc1ncnc(-c2cccnc2Oc2ccc(F)c(C(=O)Nc3cc(C(F)(F)F)ccc3N3CCNCC3)c2)n1. The van der Waals surface area contributed by atoms with Crippen LogP contribution in [0.5, 0.6) is 11.6 Å². The molecular weight excluding hydrogens is 542 g/mol. The van der Waals surface area contributed by atoms with Gasteiger partial charge in [0.2, 0.25) is 5.88 Å². The number of aryl methyl sites for hydroxylation is 1. The molecule has 1 aliphatic heterocycles. The van der Waals surface area contributed by atoms with Crippen LogP contribution in [0.4, 0.5) is 28.9 Å². The summed E-state index contributed by atoms with van der Waals surface area (Å²) in [4.78, 5) is 32.0. The molecule has 0 aliphatic carbocycles. The number of amides is 1. The Labute approximate surface area is 232 Å². The molecule has 13 heteroatoms. The van der Waals surface area contributed by atoms with Crippen LogP contribution in [0.2, 0.25) is 0 Å². The second-order valence-electron chi connectivity index (χ2n) is 9.10. The molecule has 3 heterocycles. The molecule has 0 radical (unpaired) electrons. The molecule has 0 saturated carbocycles. The standard InChI is InChI=1S/C28H25F4N7O2/c1-2-24-35-16-36-25(38-24)19-4-3-9-34-27(19)41-18-6-7-21(29)20(15-18)26(40)37-22-14-17(28(30,31)32)5-8-23(22)39-12-10-33-11-13-39/h3-9,14-16,33H,2,10-13H2,1H3,(H,37,40). The van der Waals surface area contributed by atoms with Crippen LogP contribution in [-0.4, -0.2) is 52.0 Å². The van der Waals surface area contributed by atoms with E-state index in [2.05, 4.69) is 30.6 Å². The van der Waals surface area contributed by atoms with Gasteiger partial charge in [0.1, 0.15) is 23.7 Å². The highest BCUT2D eigenvalue weighted by molar-refractivity contribution is 6.06. The van der Waals surface area contributed by atoms with Crippen molar-refractivity contribution in [1.29, 1.82) is 0 Å². The molecule has 5 rings (SSSR count). The number of hydrogen-bond acceptors (Lipinski definition) is 8. The van der Waals surface area contributed by atoms with Gasteiger partial charge >= 0.3 is 6.18 Å². The number of benzene rings is 2. The largest absolute Gasteiger partial charge is 0.438 e. The molecule has 2 aromatic carbocycles. The lowest BCUT2D eigenvalue weighted by atomic mass is 10.1. The van der Waals surface area contributed by atoms with Gasteiger partial charge in [-0.25, -0.2) is 24.3 Å². The van der Waals surface area contributed by atoms with Crippen molar-refractivity contribution < 1.29 is 27.1 Å². The van der Waals surface area contributed by atoms with E-state index in [0.29, 0.717) is 55.5 Å². The number of nitrogens with zero attached hydrogens (tertiary/aromatic N) is 5. The molecular formula is C28H25F4N7O2. The van der Waals surface area contributed by atoms with Crippen molar-refractivity contribution in [3.05, 3.63) is 83.8 Å². The zero-order valence-electron chi connectivity index (χ0n) is 21.9. The molecule has 4 aromatic rings. The first-order chi connectivity index (χ1) is 19.7. The van der Waals surface area contributed by atoms with Crippen LogP contribution in [0.1, 0.15) is 28.7 Å². The average Bonchev–Trinajstić information content (AvgIpc) is 2.98. The average molecular weight is 568 g/mol. The maximum absolute atomic E-state index is 14.9. The van der Waals surface area contributed by atoms with Gasteiger partial charge in [0.15, 0.2) is 5.82 Å². The summed E-state index contributed by atoms with van der Waals surface area (Å²) in [6, 6.07) is 10.0. The maximum Gasteiger partial charge on any atom is 0.416 e. The van der Waals surface area contributed by atoms with Crippen LogP contribution in [0, 0.1) is 5.82 Å². The number of nitrogens with one attached hydrogen (secondary N) is 2. The van der Waals surface area contributed by atoms with E-state index in [0.717, 1.165) is 24.3 Å². The quantitative estimate of drug-likeness (QED) is 0.297. The van der Waals surface area contributed by atoms with Crippen LogP contribution in [0.25, 0.3) is 11.4 Å². The van der Waals surface area contributed by atoms with E-state index in [-0.39, 0.29) is 17.3 Å². The summed E-state index contributed by atoms with van der Waals surface area (Å²) in [6.45, 7) is 4.21. The molecule has 212 valence electrons. The normalized spacial score (nSPS) is 13.6. The molecule has 0 unspecified atom stereocenters. The van der Waals surface area contributed by atoms with Crippen LogP contribution in [0.3, 0.4) is 0 Å². The topological polar surface area (TPSA) is 105 Å². The van der Waals surface area contributed by atoms with Gasteiger partial charge in [-0.05, 0) is 48.5 Å². The number of ether oxygens (including phenoxy) is 1. The monoisotopic (exact) mass is 567 g/mol. The number of alkyl halides is 3. The van der Waals surface area contributed by atoms with E-state index in [1.165, 1.54) is 24.7 Å². The first kappa shape index (κ1) is 27.9. The van der Waals surface area contributed by atoms with Gasteiger partial charge in [-0.15, -0.1) is 0 Å². The number of anilines is 2. The maximum atomic E-state index is 14.9. The summed E-state index contributed by atoms with van der Waals surface area (Å²) in [5.41, 5.74) is -0.577. The number of hydrogen-bond donors (Lipinski definition) is 2. The van der Waals surface area contributed by atoms with Crippen LogP contribution < -0.4 is 20.3 Å². The molecule has 1 fully saturated rings. The van der Waals surface area contributed by atoms with Crippen molar-refractivity contribution >= 4 is 17.3 Å². The first-order valence-corrected chi connectivity index (χ1v) is 12.8. The van der Waals surface area contributed by atoms with Crippen LogP contribution in [0.15, 0.2) is 61.1 Å². The molecule has 1 amide bonds. The molecule has 41 heavy (non-hydrogen) atoms. The van der Waals surface area contributed by atoms with Crippen LogP contribution in [-0.2, 0) is 12.6 Å². The predicted octanol–water partition coefficient (Wildman–Crippen LogP) is 5.11. The predicted molar refractivity (Wildman–Crippen MR) is 143 cm³/mol. The van der Waals surface area contributed by atoms with Crippen molar-refractivity contribution in [3.8, 4) is 23.0 Å². The summed E-state index contributed by atoms with van der Waals surface area (Å²) in [7, 11) is 0. The van der Waals surface area contributed by atoms with Gasteiger partial charge in [-0.1, -0.05) is 6.92 Å². The third-order valence-electron chi connectivity index (χ3n) is 6.38. The highest BCUT2D eigenvalue weighted by Gasteiger charge is 2.32. The summed E-state index contributed by atoms with van der Waals surface area (Å²) < 4.78 is 61.2. The van der Waals surface area contributed by atoms with E-state index in [1.54, 1.807) is 12.1 Å². The number of carbonyl (C=O) groups excluding carboxylic acids is 1. The molecule has 1 saturated heterocycles. The van der Waals surface area contributed by atoms with Crippen molar-refractivity contribution in [2.24, 2.45) is 0 Å². The molecule has 2 N–H and O–H groups in total.